The summed E-state index contributed by atoms with van der Waals surface area (Å²) in [6.45, 7) is -0.670. The van der Waals surface area contributed by atoms with E-state index in [0.717, 1.165) is 15.4 Å². The molecule has 8 heteroatoms. The van der Waals surface area contributed by atoms with E-state index in [9.17, 15) is 22.8 Å². The van der Waals surface area contributed by atoms with Gasteiger partial charge in [-0.05, 0) is 12.6 Å². The van der Waals surface area contributed by atoms with Crippen molar-refractivity contribution in [2.45, 2.75) is 31.3 Å². The summed E-state index contributed by atoms with van der Waals surface area (Å²) in [7, 11) is 1.29. The van der Waals surface area contributed by atoms with Crippen molar-refractivity contribution < 1.29 is 27.9 Å². The van der Waals surface area contributed by atoms with Crippen LogP contribution in [0.5, 0.6) is 0 Å². The molecule has 126 valence electrons. The van der Waals surface area contributed by atoms with Crippen LogP contribution in [-0.4, -0.2) is 58.6 Å². The van der Waals surface area contributed by atoms with Crippen molar-refractivity contribution in [3.8, 4) is 0 Å². The number of benzene rings is 1. The molecule has 1 aromatic carbocycles. The summed E-state index contributed by atoms with van der Waals surface area (Å²) < 4.78 is 37.2. The minimum absolute atomic E-state index is 0.0880. The topological polar surface area (TPSA) is 60.9 Å². The minimum atomic E-state index is -4.76. The number of aliphatic hydroxyl groups is 1. The third kappa shape index (κ3) is 4.08. The van der Waals surface area contributed by atoms with Gasteiger partial charge in [-0.2, -0.15) is 13.2 Å². The van der Waals surface area contributed by atoms with E-state index in [2.05, 4.69) is 0 Å². The average molecular weight is 330 g/mol. The van der Waals surface area contributed by atoms with E-state index >= 15 is 0 Å². The maximum Gasteiger partial charge on any atom is 0.415 e. The van der Waals surface area contributed by atoms with Gasteiger partial charge < -0.3 is 5.11 Å². The van der Waals surface area contributed by atoms with Crippen molar-refractivity contribution in [2.24, 2.45) is 0 Å². The molecule has 1 aliphatic heterocycles. The van der Waals surface area contributed by atoms with Crippen LogP contribution in [0.25, 0.3) is 0 Å². The number of likely N-dealkylation sites (N-methyl/N-ethyl adjacent to an activating group) is 1. The number of likely N-dealkylation sites (tertiary alicyclic amines) is 1. The first-order chi connectivity index (χ1) is 10.7. The molecular weight excluding hydrogens is 313 g/mol. The molecule has 2 amide bonds. The number of aliphatic hydroxyl groups excluding tert-OH is 1. The Morgan fingerprint density at radius 1 is 1.30 bits per heavy atom. The van der Waals surface area contributed by atoms with E-state index < -0.39 is 36.7 Å². The van der Waals surface area contributed by atoms with Gasteiger partial charge in [0.25, 0.3) is 0 Å². The summed E-state index contributed by atoms with van der Waals surface area (Å²) in [5.41, 5.74) is 0.757. The van der Waals surface area contributed by atoms with Crippen LogP contribution in [-0.2, 0) is 16.1 Å². The summed E-state index contributed by atoms with van der Waals surface area (Å²) >= 11 is 0. The smallest absolute Gasteiger partial charge is 0.382 e. The van der Waals surface area contributed by atoms with Gasteiger partial charge in [-0.3, -0.25) is 19.4 Å². The molecule has 0 aromatic heterocycles. The maximum atomic E-state index is 12.4. The number of carbonyl (C=O) groups excluding carboxylic acids is 2. The Morgan fingerprint density at radius 2 is 1.91 bits per heavy atom. The van der Waals surface area contributed by atoms with Crippen LogP contribution < -0.4 is 0 Å². The number of halogens is 3. The van der Waals surface area contributed by atoms with Crippen LogP contribution in [0.1, 0.15) is 12.0 Å². The minimum Gasteiger partial charge on any atom is -0.382 e. The summed E-state index contributed by atoms with van der Waals surface area (Å²) in [6, 6.07) is 7.86. The zero-order valence-electron chi connectivity index (χ0n) is 12.5. The van der Waals surface area contributed by atoms with Gasteiger partial charge in [-0.15, -0.1) is 0 Å². The molecule has 1 heterocycles. The highest BCUT2D eigenvalue weighted by molar-refractivity contribution is 6.05. The number of hydrogen-bond acceptors (Lipinski definition) is 4. The van der Waals surface area contributed by atoms with Crippen LogP contribution in [0, 0.1) is 0 Å². The Bertz CT molecular complexity index is 577. The number of imide groups is 1. The Kier molecular flexibility index (Phi) is 5.06. The molecule has 23 heavy (non-hydrogen) atoms. The van der Waals surface area contributed by atoms with E-state index in [-0.39, 0.29) is 13.0 Å². The number of hydrogen-bond donors (Lipinski definition) is 1. The molecule has 2 atom stereocenters. The Hall–Kier alpha value is -1.93. The van der Waals surface area contributed by atoms with Gasteiger partial charge in [0, 0.05) is 6.54 Å². The summed E-state index contributed by atoms with van der Waals surface area (Å²) in [6.07, 6.45) is -7.50. The Labute approximate surface area is 131 Å². The SMILES string of the molecule is CN(C[C@H](O)C(F)(F)F)[C@@H]1CC(=O)N(Cc2ccccc2)C1=O. The van der Waals surface area contributed by atoms with E-state index in [1.54, 1.807) is 30.3 Å². The highest BCUT2D eigenvalue weighted by Gasteiger charge is 2.44. The number of rotatable bonds is 5. The largest absolute Gasteiger partial charge is 0.415 e. The lowest BCUT2D eigenvalue weighted by molar-refractivity contribution is -0.208. The van der Waals surface area contributed by atoms with Gasteiger partial charge in [0.15, 0.2) is 6.10 Å². The van der Waals surface area contributed by atoms with E-state index in [1.807, 2.05) is 0 Å². The first-order valence-electron chi connectivity index (χ1n) is 7.03. The number of alkyl halides is 3. The normalized spacial score (nSPS) is 20.4. The standard InChI is InChI=1S/C15H17F3N2O3/c1-19(9-12(21)15(16,17)18)11-7-13(22)20(14(11)23)8-10-5-3-2-4-6-10/h2-6,11-12,21H,7-9H2,1H3/t11-,12+/m1/s1. The predicted octanol–water partition coefficient (Wildman–Crippen LogP) is 1.17. The molecule has 0 saturated carbocycles. The molecule has 0 aliphatic carbocycles. The third-order valence-corrected chi connectivity index (χ3v) is 3.77. The number of amides is 2. The first-order valence-corrected chi connectivity index (χ1v) is 7.03. The maximum absolute atomic E-state index is 12.4. The Morgan fingerprint density at radius 3 is 2.48 bits per heavy atom. The fourth-order valence-corrected chi connectivity index (χ4v) is 2.45. The summed E-state index contributed by atoms with van der Waals surface area (Å²) in [4.78, 5) is 26.4. The summed E-state index contributed by atoms with van der Waals surface area (Å²) in [5, 5.41) is 9.09. The van der Waals surface area contributed by atoms with Crippen molar-refractivity contribution in [1.29, 1.82) is 0 Å². The third-order valence-electron chi connectivity index (χ3n) is 3.77. The number of carbonyl (C=O) groups is 2. The van der Waals surface area contributed by atoms with E-state index in [0.29, 0.717) is 0 Å². The molecule has 1 aliphatic rings. The Balaban J connectivity index is 2.03. The first kappa shape index (κ1) is 17.4. The highest BCUT2D eigenvalue weighted by atomic mass is 19.4. The molecule has 1 aromatic rings. The molecule has 0 unspecified atom stereocenters. The molecule has 2 rings (SSSR count). The second-order valence-corrected chi connectivity index (χ2v) is 5.52. The van der Waals surface area contributed by atoms with Crippen LogP contribution in [0.4, 0.5) is 13.2 Å². The van der Waals surface area contributed by atoms with Gasteiger partial charge in [0.2, 0.25) is 11.8 Å². The molecule has 0 radical (unpaired) electrons. The van der Waals surface area contributed by atoms with Crippen LogP contribution >= 0.6 is 0 Å². The molecular formula is C15H17F3N2O3. The van der Waals surface area contributed by atoms with Crippen molar-refractivity contribution in [3.63, 3.8) is 0 Å². The van der Waals surface area contributed by atoms with Gasteiger partial charge >= 0.3 is 6.18 Å². The fourth-order valence-electron chi connectivity index (χ4n) is 2.45. The lowest BCUT2D eigenvalue weighted by atomic mass is 10.2. The lowest BCUT2D eigenvalue weighted by Crippen LogP contribution is -2.46. The van der Waals surface area contributed by atoms with Crippen LogP contribution in [0.3, 0.4) is 0 Å². The molecule has 0 spiro atoms. The molecule has 5 nitrogen and oxygen atoms in total. The highest BCUT2D eigenvalue weighted by Crippen LogP contribution is 2.24. The predicted molar refractivity (Wildman–Crippen MR) is 75.1 cm³/mol. The van der Waals surface area contributed by atoms with Gasteiger partial charge in [0.1, 0.15) is 0 Å². The second-order valence-electron chi connectivity index (χ2n) is 5.52. The van der Waals surface area contributed by atoms with Crippen LogP contribution in [0.15, 0.2) is 30.3 Å². The molecule has 1 saturated heterocycles. The molecule has 0 bridgehead atoms. The van der Waals surface area contributed by atoms with E-state index in [4.69, 9.17) is 5.11 Å². The van der Waals surface area contributed by atoms with Gasteiger partial charge in [0.05, 0.1) is 19.0 Å². The van der Waals surface area contributed by atoms with Crippen molar-refractivity contribution in [2.75, 3.05) is 13.6 Å². The quantitative estimate of drug-likeness (QED) is 0.824. The monoisotopic (exact) mass is 330 g/mol. The van der Waals surface area contributed by atoms with Gasteiger partial charge in [-0.1, -0.05) is 30.3 Å². The van der Waals surface area contributed by atoms with Crippen molar-refractivity contribution in [1.82, 2.24) is 9.80 Å². The zero-order valence-corrected chi connectivity index (χ0v) is 12.5. The molecule has 1 fully saturated rings. The lowest BCUT2D eigenvalue weighted by Gasteiger charge is -2.26. The number of nitrogens with zero attached hydrogens (tertiary/aromatic N) is 2. The van der Waals surface area contributed by atoms with E-state index in [1.165, 1.54) is 7.05 Å². The fraction of sp³-hybridized carbons (Fsp3) is 0.467. The van der Waals surface area contributed by atoms with Crippen molar-refractivity contribution in [3.05, 3.63) is 35.9 Å². The van der Waals surface area contributed by atoms with Crippen molar-refractivity contribution >= 4 is 11.8 Å². The van der Waals surface area contributed by atoms with Gasteiger partial charge in [-0.25, -0.2) is 0 Å². The average Bonchev–Trinajstić information content (AvgIpc) is 2.75. The summed E-state index contributed by atoms with van der Waals surface area (Å²) in [5.74, 6) is -0.979. The second kappa shape index (κ2) is 6.67. The molecule has 1 N–H and O–H groups in total. The van der Waals surface area contributed by atoms with Crippen LogP contribution in [0.2, 0.25) is 0 Å². The zero-order chi connectivity index (χ0) is 17.2.